The largest absolute Gasteiger partial charge is 0.355 e. The highest BCUT2D eigenvalue weighted by Gasteiger charge is 2.13. The van der Waals surface area contributed by atoms with Crippen LogP contribution in [-0.4, -0.2) is 53.9 Å². The smallest absolute Gasteiger partial charge is 0.191 e. The number of guanidine groups is 1. The molecule has 1 aromatic heterocycles. The first-order valence-electron chi connectivity index (χ1n) is 9.96. The Kier molecular flexibility index (Phi) is 6.87. The maximum Gasteiger partial charge on any atom is 0.191 e. The lowest BCUT2D eigenvalue weighted by Gasteiger charge is -2.26. The maximum absolute atomic E-state index is 4.72. The van der Waals surface area contributed by atoms with Crippen LogP contribution in [0.3, 0.4) is 0 Å². The van der Waals surface area contributed by atoms with E-state index < -0.39 is 0 Å². The second-order valence-electron chi connectivity index (χ2n) is 7.15. The summed E-state index contributed by atoms with van der Waals surface area (Å²) in [6.07, 6.45) is 4.04. The Morgan fingerprint density at radius 3 is 2.52 bits per heavy atom. The van der Waals surface area contributed by atoms with E-state index in [0.29, 0.717) is 6.54 Å². The van der Waals surface area contributed by atoms with E-state index in [1.807, 2.05) is 29.9 Å². The lowest BCUT2D eigenvalue weighted by atomic mass is 10.1. The molecule has 1 aliphatic heterocycles. The average molecular weight is 369 g/mol. The molecular weight excluding hydrogens is 336 g/mol. The fourth-order valence-corrected chi connectivity index (χ4v) is 3.66. The van der Waals surface area contributed by atoms with Crippen LogP contribution >= 0.6 is 0 Å². The molecule has 1 aromatic carbocycles. The van der Waals surface area contributed by atoms with Gasteiger partial charge < -0.3 is 15.5 Å². The number of likely N-dealkylation sites (tertiary alicyclic amines) is 1. The molecule has 0 spiro atoms. The van der Waals surface area contributed by atoms with Crippen molar-refractivity contribution in [2.45, 2.75) is 39.7 Å². The summed E-state index contributed by atoms with van der Waals surface area (Å²) < 4.78 is 2.01. The predicted molar refractivity (Wildman–Crippen MR) is 112 cm³/mol. The molecule has 27 heavy (non-hydrogen) atoms. The number of nitrogens with zero attached hydrogens (tertiary/aromatic N) is 4. The van der Waals surface area contributed by atoms with Gasteiger partial charge in [0.2, 0.25) is 0 Å². The molecule has 0 bridgehead atoms. The molecule has 0 radical (unpaired) electrons. The molecule has 1 saturated heterocycles. The van der Waals surface area contributed by atoms with E-state index in [1.54, 1.807) is 0 Å². The van der Waals surface area contributed by atoms with Crippen LogP contribution in [0.2, 0.25) is 0 Å². The van der Waals surface area contributed by atoms with Crippen molar-refractivity contribution in [3.05, 3.63) is 47.3 Å². The van der Waals surface area contributed by atoms with Gasteiger partial charge in [0.1, 0.15) is 0 Å². The van der Waals surface area contributed by atoms with E-state index in [9.17, 15) is 0 Å². The Hall–Kier alpha value is -2.34. The van der Waals surface area contributed by atoms with Crippen molar-refractivity contribution in [3.8, 4) is 5.69 Å². The third kappa shape index (κ3) is 5.10. The normalized spacial score (nSPS) is 15.7. The van der Waals surface area contributed by atoms with Crippen molar-refractivity contribution in [2.75, 3.05) is 33.2 Å². The Balaban J connectivity index is 1.54. The van der Waals surface area contributed by atoms with Crippen LogP contribution in [0.1, 0.15) is 36.2 Å². The number of para-hydroxylation sites is 1. The van der Waals surface area contributed by atoms with E-state index in [-0.39, 0.29) is 0 Å². The first kappa shape index (κ1) is 19.4. The van der Waals surface area contributed by atoms with Gasteiger partial charge in [-0.15, -0.1) is 0 Å². The molecule has 1 aliphatic rings. The first-order valence-corrected chi connectivity index (χ1v) is 9.96. The Morgan fingerprint density at radius 1 is 1.07 bits per heavy atom. The molecule has 0 unspecified atom stereocenters. The van der Waals surface area contributed by atoms with Crippen LogP contribution in [0.4, 0.5) is 0 Å². The third-order valence-corrected chi connectivity index (χ3v) is 5.27. The summed E-state index contributed by atoms with van der Waals surface area (Å²) in [5.74, 6) is 0.846. The van der Waals surface area contributed by atoms with E-state index in [1.165, 1.54) is 37.9 Å². The fourth-order valence-electron chi connectivity index (χ4n) is 3.66. The van der Waals surface area contributed by atoms with E-state index in [4.69, 9.17) is 5.10 Å². The zero-order valence-electron chi connectivity index (χ0n) is 16.8. The summed E-state index contributed by atoms with van der Waals surface area (Å²) in [6, 6.07) is 10.3. The van der Waals surface area contributed by atoms with E-state index in [0.717, 1.165) is 36.1 Å². The molecule has 2 N–H and O–H groups in total. The fraction of sp³-hybridized carbons (Fsp3) is 0.524. The Labute approximate surface area is 162 Å². The van der Waals surface area contributed by atoms with Crippen molar-refractivity contribution in [1.82, 2.24) is 25.3 Å². The van der Waals surface area contributed by atoms with Crippen LogP contribution in [0.15, 0.2) is 35.3 Å². The van der Waals surface area contributed by atoms with Gasteiger partial charge in [-0.05, 0) is 51.9 Å². The van der Waals surface area contributed by atoms with Crippen LogP contribution in [0, 0.1) is 13.8 Å². The highest BCUT2D eigenvalue weighted by Crippen LogP contribution is 2.17. The maximum atomic E-state index is 4.72. The molecule has 0 saturated carbocycles. The molecule has 146 valence electrons. The minimum absolute atomic E-state index is 0.716. The van der Waals surface area contributed by atoms with Crippen LogP contribution < -0.4 is 10.6 Å². The summed E-state index contributed by atoms with van der Waals surface area (Å²) in [6.45, 7) is 9.35. The zero-order chi connectivity index (χ0) is 19.1. The second kappa shape index (κ2) is 9.55. The number of hydrogen-bond acceptors (Lipinski definition) is 3. The molecule has 0 aliphatic carbocycles. The molecule has 6 heteroatoms. The SMILES string of the molecule is CN=C(NCCN1CCCCC1)NCc1c(C)nn(-c2ccccc2)c1C. The standard InChI is InChI=1S/C21H32N6/c1-17-20(18(2)27(25-17)19-10-6-4-7-11-19)16-24-21(22-3)23-12-15-26-13-8-5-9-14-26/h4,6-7,10-11H,5,8-9,12-16H2,1-3H3,(H2,22,23,24). The molecule has 3 rings (SSSR count). The minimum atomic E-state index is 0.716. The first-order chi connectivity index (χ1) is 13.2. The number of aryl methyl sites for hydroxylation is 1. The number of nitrogens with one attached hydrogen (secondary N) is 2. The van der Waals surface area contributed by atoms with Gasteiger partial charge in [0.15, 0.2) is 5.96 Å². The van der Waals surface area contributed by atoms with Gasteiger partial charge in [0.25, 0.3) is 0 Å². The molecular formula is C21H32N6. The third-order valence-electron chi connectivity index (χ3n) is 5.27. The molecule has 0 atom stereocenters. The topological polar surface area (TPSA) is 57.5 Å². The summed E-state index contributed by atoms with van der Waals surface area (Å²) in [5.41, 5.74) is 4.52. The van der Waals surface area contributed by atoms with Crippen LogP contribution in [0.5, 0.6) is 0 Å². The highest BCUT2D eigenvalue weighted by molar-refractivity contribution is 5.79. The quantitative estimate of drug-likeness (QED) is 0.608. The van der Waals surface area contributed by atoms with Gasteiger partial charge in [-0.1, -0.05) is 24.6 Å². The minimum Gasteiger partial charge on any atom is -0.355 e. The number of piperidine rings is 1. The number of aliphatic imine (C=N–C) groups is 1. The molecule has 1 fully saturated rings. The van der Waals surface area contributed by atoms with Crippen molar-refractivity contribution >= 4 is 5.96 Å². The summed E-state index contributed by atoms with van der Waals surface area (Å²) in [7, 11) is 1.82. The van der Waals surface area contributed by atoms with Gasteiger partial charge >= 0.3 is 0 Å². The Bertz CT molecular complexity index is 744. The lowest BCUT2D eigenvalue weighted by Crippen LogP contribution is -2.42. The number of benzene rings is 1. The number of hydrogen-bond donors (Lipinski definition) is 2. The van der Waals surface area contributed by atoms with Gasteiger partial charge in [0.05, 0.1) is 11.4 Å². The van der Waals surface area contributed by atoms with Crippen LogP contribution in [0.25, 0.3) is 5.69 Å². The molecule has 0 amide bonds. The average Bonchev–Trinajstić information content (AvgIpc) is 3.00. The molecule has 6 nitrogen and oxygen atoms in total. The van der Waals surface area contributed by atoms with Crippen molar-refractivity contribution in [2.24, 2.45) is 4.99 Å². The van der Waals surface area contributed by atoms with Crippen LogP contribution in [-0.2, 0) is 6.54 Å². The van der Waals surface area contributed by atoms with Gasteiger partial charge in [-0.3, -0.25) is 4.99 Å². The highest BCUT2D eigenvalue weighted by atomic mass is 15.3. The van der Waals surface area contributed by atoms with Gasteiger partial charge in [0, 0.05) is 37.9 Å². The Morgan fingerprint density at radius 2 is 1.81 bits per heavy atom. The summed E-state index contributed by atoms with van der Waals surface area (Å²) >= 11 is 0. The monoisotopic (exact) mass is 368 g/mol. The summed E-state index contributed by atoms with van der Waals surface area (Å²) in [4.78, 5) is 6.89. The van der Waals surface area contributed by atoms with Crippen molar-refractivity contribution in [3.63, 3.8) is 0 Å². The van der Waals surface area contributed by atoms with Gasteiger partial charge in [-0.2, -0.15) is 5.10 Å². The summed E-state index contributed by atoms with van der Waals surface area (Å²) in [5, 5.41) is 11.6. The van der Waals surface area contributed by atoms with Crippen molar-refractivity contribution in [1.29, 1.82) is 0 Å². The zero-order valence-corrected chi connectivity index (χ0v) is 16.8. The predicted octanol–water partition coefficient (Wildman–Crippen LogP) is 2.64. The van der Waals surface area contributed by atoms with Gasteiger partial charge in [-0.25, -0.2) is 4.68 Å². The number of aromatic nitrogens is 2. The molecule has 2 heterocycles. The van der Waals surface area contributed by atoms with Crippen molar-refractivity contribution < 1.29 is 0 Å². The van der Waals surface area contributed by atoms with E-state index in [2.05, 4.69) is 46.5 Å². The van der Waals surface area contributed by atoms with E-state index >= 15 is 0 Å². The second-order valence-corrected chi connectivity index (χ2v) is 7.15. The molecule has 2 aromatic rings. The number of rotatable bonds is 6. The lowest BCUT2D eigenvalue weighted by molar-refractivity contribution is 0.232.